The summed E-state index contributed by atoms with van der Waals surface area (Å²) in [6, 6.07) is 0. The van der Waals surface area contributed by atoms with E-state index in [0.717, 1.165) is 97.2 Å². The van der Waals surface area contributed by atoms with Crippen LogP contribution in [0.5, 0.6) is 0 Å². The van der Waals surface area contributed by atoms with Gasteiger partial charge in [0.25, 0.3) is 0 Å². The van der Waals surface area contributed by atoms with Gasteiger partial charge in [-0.2, -0.15) is 0 Å². The molecule has 41 heavy (non-hydrogen) atoms. The van der Waals surface area contributed by atoms with E-state index in [1.165, 1.54) is 0 Å². The van der Waals surface area contributed by atoms with Gasteiger partial charge in [0.15, 0.2) is 0 Å². The van der Waals surface area contributed by atoms with Crippen molar-refractivity contribution in [1.29, 1.82) is 0 Å². The van der Waals surface area contributed by atoms with Crippen LogP contribution < -0.4 is 25.5 Å². The maximum absolute atomic E-state index is 9.77. The molecule has 0 amide bonds. The van der Waals surface area contributed by atoms with Crippen molar-refractivity contribution >= 4 is 0 Å². The van der Waals surface area contributed by atoms with Crippen molar-refractivity contribution in [3.8, 4) is 0 Å². The maximum atomic E-state index is 9.77. The molecule has 0 saturated heterocycles. The van der Waals surface area contributed by atoms with Crippen LogP contribution in [0.1, 0.15) is 98.8 Å². The topological polar surface area (TPSA) is 161 Å². The number of ether oxygens (including phenoxy) is 5. The smallest absolute Gasteiger partial charge is 0.853 e. The zero-order valence-corrected chi connectivity index (χ0v) is 29.4. The van der Waals surface area contributed by atoms with Crippen LogP contribution in [0.25, 0.3) is 0 Å². The van der Waals surface area contributed by atoms with E-state index >= 15 is 0 Å². The third-order valence-electron chi connectivity index (χ3n) is 4.35. The van der Waals surface area contributed by atoms with Gasteiger partial charge in [0, 0.05) is 66.1 Å². The van der Waals surface area contributed by atoms with Crippen LogP contribution in [0.2, 0.25) is 0 Å². The van der Waals surface area contributed by atoms with Gasteiger partial charge >= 0.3 is 22.4 Å². The van der Waals surface area contributed by atoms with Gasteiger partial charge in [0.1, 0.15) is 0 Å². The molecule has 0 bridgehead atoms. The van der Waals surface area contributed by atoms with Gasteiger partial charge in [-0.1, -0.05) is 66.7 Å². The van der Waals surface area contributed by atoms with Crippen molar-refractivity contribution in [1.82, 2.24) is 0 Å². The molecule has 0 unspecified atom stereocenters. The van der Waals surface area contributed by atoms with E-state index in [2.05, 4.69) is 34.6 Å². The number of unbranched alkanes of at least 4 members (excludes halogenated alkanes) is 5. The van der Waals surface area contributed by atoms with Crippen LogP contribution in [0, 0.1) is 0 Å². The Bertz CT molecular complexity index is 234. The van der Waals surface area contributed by atoms with Gasteiger partial charge < -0.3 is 49.2 Å². The van der Waals surface area contributed by atoms with E-state index in [1.807, 2.05) is 0 Å². The fraction of sp³-hybridized carbons (Fsp3) is 1.00. The fourth-order valence-electron chi connectivity index (χ4n) is 2.04. The fourth-order valence-corrected chi connectivity index (χ4v) is 2.04. The van der Waals surface area contributed by atoms with Crippen molar-refractivity contribution < 1.29 is 71.6 Å². The van der Waals surface area contributed by atoms with Crippen molar-refractivity contribution in [2.24, 2.45) is 0 Å². The summed E-state index contributed by atoms with van der Waals surface area (Å²) >= 11 is 0. The van der Waals surface area contributed by atoms with Gasteiger partial charge in [-0.15, -0.1) is 33.0 Å². The Morgan fingerprint density at radius 2 is 0.439 bits per heavy atom. The zero-order valence-electron chi connectivity index (χ0n) is 27.2. The molecule has 0 aliphatic carbocycles. The Balaban J connectivity index is -0.0000000928. The Morgan fingerprint density at radius 3 is 0.537 bits per heavy atom. The first-order chi connectivity index (χ1) is 19.6. The van der Waals surface area contributed by atoms with Crippen LogP contribution in [-0.2, 0) is 46.1 Å². The van der Waals surface area contributed by atoms with Gasteiger partial charge in [-0.25, -0.2) is 0 Å². The minimum Gasteiger partial charge on any atom is -0.853 e. The molecule has 0 atom stereocenters. The standard InChI is InChI=1S/5C6H13O2.Nb/c5*1-2-3-5-8-6-4-7;/h5*2-6H2,1H3;/q5*-1;+5. The molecule has 0 spiro atoms. The van der Waals surface area contributed by atoms with Crippen LogP contribution in [0.3, 0.4) is 0 Å². The van der Waals surface area contributed by atoms with Crippen molar-refractivity contribution in [2.75, 3.05) is 99.1 Å². The van der Waals surface area contributed by atoms with Crippen molar-refractivity contribution in [3.63, 3.8) is 0 Å². The summed E-state index contributed by atoms with van der Waals surface area (Å²) in [7, 11) is 0. The van der Waals surface area contributed by atoms with E-state index in [1.54, 1.807) is 0 Å². The molecule has 10 nitrogen and oxygen atoms in total. The minimum absolute atomic E-state index is 0. The molecule has 0 rings (SSSR count). The van der Waals surface area contributed by atoms with Gasteiger partial charge in [0.05, 0.1) is 0 Å². The first-order valence-corrected chi connectivity index (χ1v) is 15.4. The summed E-state index contributed by atoms with van der Waals surface area (Å²) < 4.78 is 24.6. The first-order valence-electron chi connectivity index (χ1n) is 15.4. The second kappa shape index (κ2) is 67.8. The Labute approximate surface area is 269 Å². The summed E-state index contributed by atoms with van der Waals surface area (Å²) in [5, 5.41) is 48.8. The van der Waals surface area contributed by atoms with Gasteiger partial charge in [-0.3, -0.25) is 0 Å². The molecular weight excluding hydrogens is 613 g/mol. The van der Waals surface area contributed by atoms with E-state index < -0.39 is 0 Å². The Hall–Kier alpha value is 0.340. The van der Waals surface area contributed by atoms with E-state index in [0.29, 0.717) is 33.0 Å². The monoisotopic (exact) mass is 678 g/mol. The molecule has 0 aromatic rings. The maximum Gasteiger partial charge on any atom is 5.00 e. The number of hydrogen-bond donors (Lipinski definition) is 0. The zero-order chi connectivity index (χ0) is 31.2. The van der Waals surface area contributed by atoms with Crippen LogP contribution in [-0.4, -0.2) is 99.1 Å². The van der Waals surface area contributed by atoms with E-state index in [4.69, 9.17) is 23.7 Å². The Kier molecular flexibility index (Phi) is 89.1. The van der Waals surface area contributed by atoms with Gasteiger partial charge in [0.2, 0.25) is 0 Å². The average Bonchev–Trinajstić information content (AvgIpc) is 2.98. The molecular formula is C30H65NbO10. The minimum atomic E-state index is -0.107. The molecule has 0 radical (unpaired) electrons. The molecule has 11 heteroatoms. The average molecular weight is 679 g/mol. The second-order valence-corrected chi connectivity index (χ2v) is 8.35. The molecule has 0 aliphatic heterocycles. The largest absolute Gasteiger partial charge is 5.00 e. The van der Waals surface area contributed by atoms with Crippen molar-refractivity contribution in [3.05, 3.63) is 0 Å². The molecule has 0 aliphatic rings. The Morgan fingerprint density at radius 1 is 0.293 bits per heavy atom. The molecule has 0 heterocycles. The predicted octanol–water partition coefficient (Wildman–Crippen LogP) is 0.815. The second-order valence-electron chi connectivity index (χ2n) is 8.35. The van der Waals surface area contributed by atoms with Crippen molar-refractivity contribution in [2.45, 2.75) is 98.8 Å². The van der Waals surface area contributed by atoms with Gasteiger partial charge in [-0.05, 0) is 32.1 Å². The molecule has 0 aromatic heterocycles. The van der Waals surface area contributed by atoms with E-state index in [-0.39, 0.29) is 55.4 Å². The quantitative estimate of drug-likeness (QED) is 0.0999. The molecule has 0 N–H and O–H groups in total. The summed E-state index contributed by atoms with van der Waals surface area (Å²) in [6.07, 6.45) is 11.0. The normalized spacial score (nSPS) is 9.51. The predicted molar refractivity (Wildman–Crippen MR) is 153 cm³/mol. The summed E-state index contributed by atoms with van der Waals surface area (Å²) in [4.78, 5) is 0. The van der Waals surface area contributed by atoms with E-state index in [9.17, 15) is 25.5 Å². The summed E-state index contributed by atoms with van der Waals surface area (Å²) in [5.41, 5.74) is 0. The SMILES string of the molecule is CCCCOCC[O-].CCCCOCC[O-].CCCCOCC[O-].CCCCOCC[O-].CCCCOCC[O-].[Nb+5]. The third-order valence-corrected chi connectivity index (χ3v) is 4.35. The molecule has 0 fully saturated rings. The van der Waals surface area contributed by atoms with Crippen LogP contribution >= 0.6 is 0 Å². The first kappa shape index (κ1) is 53.9. The van der Waals surface area contributed by atoms with Crippen LogP contribution in [0.4, 0.5) is 0 Å². The third kappa shape index (κ3) is 92.3. The number of hydrogen-bond acceptors (Lipinski definition) is 10. The molecule has 0 aromatic carbocycles. The van der Waals surface area contributed by atoms with Crippen LogP contribution in [0.15, 0.2) is 0 Å². The summed E-state index contributed by atoms with van der Waals surface area (Å²) in [6.45, 7) is 15.6. The summed E-state index contributed by atoms with van der Waals surface area (Å²) in [5.74, 6) is 0. The molecule has 250 valence electrons. The molecule has 0 saturated carbocycles. The number of rotatable bonds is 25.